The predicted molar refractivity (Wildman–Crippen MR) is 145 cm³/mol. The zero-order valence-electron chi connectivity index (χ0n) is 23.6. The van der Waals surface area contributed by atoms with E-state index in [1.54, 1.807) is 31.2 Å². The number of ketones is 1. The van der Waals surface area contributed by atoms with Gasteiger partial charge in [-0.25, -0.2) is 14.1 Å². The van der Waals surface area contributed by atoms with Gasteiger partial charge < -0.3 is 15.0 Å². The summed E-state index contributed by atoms with van der Waals surface area (Å²) in [4.78, 5) is 65.1. The van der Waals surface area contributed by atoms with Gasteiger partial charge in [0.05, 0.1) is 0 Å². The molecule has 1 fully saturated rings. The number of aryl methyl sites for hydroxylation is 1. The second-order valence-electron chi connectivity index (χ2n) is 9.89. The summed E-state index contributed by atoms with van der Waals surface area (Å²) in [6.07, 6.45) is 0.112. The number of fused-ring (bicyclic) bond motifs is 2. The average Bonchev–Trinajstić information content (AvgIpc) is 3.39. The summed E-state index contributed by atoms with van der Waals surface area (Å²) in [5, 5.41) is 2.67. The highest BCUT2D eigenvalue weighted by molar-refractivity contribution is 6.06. The van der Waals surface area contributed by atoms with Gasteiger partial charge in [-0.3, -0.25) is 19.2 Å². The minimum atomic E-state index is -1.50. The summed E-state index contributed by atoms with van der Waals surface area (Å²) in [7, 11) is 0. The van der Waals surface area contributed by atoms with Crippen LogP contribution in [-0.4, -0.2) is 58.5 Å². The van der Waals surface area contributed by atoms with E-state index in [1.807, 2.05) is 19.9 Å². The van der Waals surface area contributed by atoms with Crippen molar-refractivity contribution < 1.29 is 33.1 Å². The molecule has 40 heavy (non-hydrogen) atoms. The van der Waals surface area contributed by atoms with E-state index in [9.17, 15) is 28.4 Å². The molecule has 1 saturated heterocycles. The molecule has 2 aliphatic rings. The van der Waals surface area contributed by atoms with Crippen LogP contribution in [0.25, 0.3) is 0 Å². The van der Waals surface area contributed by atoms with Gasteiger partial charge in [-0.1, -0.05) is 44.2 Å². The van der Waals surface area contributed by atoms with Crippen LogP contribution in [0.4, 0.5) is 9.18 Å². The molecule has 4 amide bonds. The Labute approximate surface area is 233 Å². The summed E-state index contributed by atoms with van der Waals surface area (Å²) in [5.41, 5.74) is 1.37. The number of nitrogens with one attached hydrogen (secondary N) is 1. The molecule has 1 spiro atoms. The number of Topliss-reactive ketones (excluding diaryl/α,β-unsaturated/α-hetero) is 1. The first-order chi connectivity index (χ1) is 19.0. The monoisotopic (exact) mass is 553 g/mol. The molecule has 1 heterocycles. The van der Waals surface area contributed by atoms with E-state index in [4.69, 9.17) is 4.74 Å². The van der Waals surface area contributed by atoms with Crippen molar-refractivity contribution in [2.24, 2.45) is 0 Å². The maximum atomic E-state index is 13.6. The van der Waals surface area contributed by atoms with Crippen LogP contribution >= 0.6 is 0 Å². The van der Waals surface area contributed by atoms with Crippen molar-refractivity contribution in [3.63, 3.8) is 0 Å². The highest BCUT2D eigenvalue weighted by atomic mass is 19.1. The standard InChI is InChI=1S/C28H30FN3O6.C2H6/c1-17(14-30-19(3)34)31(15-20-4-7-23(29)8-5-20)25(35)16-32-26(36)28(38-27(32)37)11-10-22-13-21(12-18(2)33)6-9-24(22)28;1-2/h4-9,13,17H,10-12,14-16H2,1-3H3,(H,30,34);1-2H3/t17-,28+;/m0./s1. The predicted octanol–water partition coefficient (Wildman–Crippen LogP) is 3.66. The lowest BCUT2D eigenvalue weighted by Crippen LogP contribution is -2.49. The molecule has 214 valence electrons. The molecule has 1 N–H and O–H groups in total. The lowest BCUT2D eigenvalue weighted by molar-refractivity contribution is -0.143. The number of carbonyl (C=O) groups excluding carboxylic acids is 5. The fraction of sp³-hybridized carbons (Fsp3) is 0.433. The molecule has 4 rings (SSSR count). The Kier molecular flexibility index (Phi) is 9.78. The minimum absolute atomic E-state index is 0.0173. The van der Waals surface area contributed by atoms with Crippen LogP contribution in [0.2, 0.25) is 0 Å². The normalized spacial score (nSPS) is 18.0. The van der Waals surface area contributed by atoms with Crippen molar-refractivity contribution in [1.29, 1.82) is 0 Å². The van der Waals surface area contributed by atoms with Crippen LogP contribution in [0.15, 0.2) is 42.5 Å². The zero-order valence-corrected chi connectivity index (χ0v) is 23.6. The number of amides is 4. The van der Waals surface area contributed by atoms with Gasteiger partial charge in [0.2, 0.25) is 17.4 Å². The van der Waals surface area contributed by atoms with Gasteiger partial charge >= 0.3 is 6.09 Å². The van der Waals surface area contributed by atoms with E-state index in [2.05, 4.69) is 5.32 Å². The molecule has 2 aromatic carbocycles. The number of ether oxygens (including phenoxy) is 1. The Hall–Kier alpha value is -4.08. The van der Waals surface area contributed by atoms with Crippen LogP contribution in [-0.2, 0) is 48.9 Å². The third-order valence-electron chi connectivity index (χ3n) is 6.94. The van der Waals surface area contributed by atoms with Crippen molar-refractivity contribution in [2.75, 3.05) is 13.1 Å². The number of nitrogens with zero attached hydrogens (tertiary/aromatic N) is 2. The SMILES string of the molecule is CC.CC(=O)Cc1ccc2c(c1)CC[C@@]21OC(=O)N(CC(=O)N(Cc2ccc(F)cc2)[C@@H](C)CNC(C)=O)C1=O. The molecule has 0 bridgehead atoms. The Balaban J connectivity index is 0.00000216. The van der Waals surface area contributed by atoms with Gasteiger partial charge in [0, 0.05) is 44.5 Å². The van der Waals surface area contributed by atoms with Gasteiger partial charge in [0.25, 0.3) is 5.91 Å². The van der Waals surface area contributed by atoms with Crippen molar-refractivity contribution in [2.45, 2.75) is 72.1 Å². The first-order valence-electron chi connectivity index (χ1n) is 13.4. The molecule has 1 aliphatic heterocycles. The molecule has 0 unspecified atom stereocenters. The zero-order chi connectivity index (χ0) is 29.6. The van der Waals surface area contributed by atoms with Gasteiger partial charge in [0.15, 0.2) is 0 Å². The fourth-order valence-corrected chi connectivity index (χ4v) is 5.01. The second kappa shape index (κ2) is 12.8. The highest BCUT2D eigenvalue weighted by Gasteiger charge is 2.58. The summed E-state index contributed by atoms with van der Waals surface area (Å²) in [5.74, 6) is -1.80. The Morgan fingerprint density at radius 1 is 1.07 bits per heavy atom. The quantitative estimate of drug-likeness (QED) is 0.507. The average molecular weight is 554 g/mol. The van der Waals surface area contributed by atoms with Gasteiger partial charge in [-0.05, 0) is 49.1 Å². The van der Waals surface area contributed by atoms with E-state index in [1.165, 1.54) is 30.9 Å². The van der Waals surface area contributed by atoms with E-state index >= 15 is 0 Å². The second-order valence-corrected chi connectivity index (χ2v) is 9.89. The summed E-state index contributed by atoms with van der Waals surface area (Å²) in [6.45, 7) is 8.30. The van der Waals surface area contributed by atoms with Crippen LogP contribution in [0.3, 0.4) is 0 Å². The number of halogens is 1. The Morgan fingerprint density at radius 3 is 2.35 bits per heavy atom. The van der Waals surface area contributed by atoms with Crippen molar-refractivity contribution in [3.8, 4) is 0 Å². The van der Waals surface area contributed by atoms with Crippen LogP contribution in [0.5, 0.6) is 0 Å². The topological polar surface area (TPSA) is 113 Å². The fourth-order valence-electron chi connectivity index (χ4n) is 5.01. The molecule has 0 saturated carbocycles. The number of imide groups is 1. The highest BCUT2D eigenvalue weighted by Crippen LogP contribution is 2.45. The Morgan fingerprint density at radius 2 is 1.73 bits per heavy atom. The number of hydrogen-bond acceptors (Lipinski definition) is 6. The summed E-state index contributed by atoms with van der Waals surface area (Å²) < 4.78 is 19.0. The number of benzene rings is 2. The van der Waals surface area contributed by atoms with E-state index in [0.717, 1.165) is 16.0 Å². The van der Waals surface area contributed by atoms with Gasteiger partial charge in [-0.2, -0.15) is 0 Å². The molecule has 10 heteroatoms. The van der Waals surface area contributed by atoms with Gasteiger partial charge in [-0.15, -0.1) is 0 Å². The number of carbonyl (C=O) groups is 5. The minimum Gasteiger partial charge on any atom is -0.427 e. The molecular weight excluding hydrogens is 517 g/mol. The van der Waals surface area contributed by atoms with E-state index < -0.39 is 41.9 Å². The van der Waals surface area contributed by atoms with Gasteiger partial charge in [0.1, 0.15) is 18.1 Å². The molecule has 2 atom stereocenters. The maximum absolute atomic E-state index is 13.6. The smallest absolute Gasteiger partial charge is 0.418 e. The van der Waals surface area contributed by atoms with Crippen molar-refractivity contribution >= 4 is 29.6 Å². The molecule has 2 aromatic rings. The molecular formula is C30H36FN3O6. The Bertz CT molecular complexity index is 1290. The molecule has 0 radical (unpaired) electrons. The third kappa shape index (κ3) is 6.55. The molecule has 1 aliphatic carbocycles. The van der Waals surface area contributed by atoms with E-state index in [0.29, 0.717) is 17.5 Å². The molecule has 0 aromatic heterocycles. The number of rotatable bonds is 9. The van der Waals surface area contributed by atoms with Crippen LogP contribution in [0.1, 0.15) is 63.3 Å². The van der Waals surface area contributed by atoms with Crippen molar-refractivity contribution in [3.05, 3.63) is 70.5 Å². The lowest BCUT2D eigenvalue weighted by atomic mass is 9.93. The summed E-state index contributed by atoms with van der Waals surface area (Å²) in [6, 6.07) is 10.5. The largest absolute Gasteiger partial charge is 0.427 e. The first-order valence-corrected chi connectivity index (χ1v) is 13.4. The van der Waals surface area contributed by atoms with Crippen molar-refractivity contribution in [1.82, 2.24) is 15.1 Å². The van der Waals surface area contributed by atoms with E-state index in [-0.39, 0.29) is 37.6 Å². The first kappa shape index (κ1) is 30.5. The van der Waals surface area contributed by atoms with Crippen LogP contribution in [0, 0.1) is 5.82 Å². The third-order valence-corrected chi connectivity index (χ3v) is 6.94. The van der Waals surface area contributed by atoms with Crippen LogP contribution < -0.4 is 5.32 Å². The number of hydrogen-bond donors (Lipinski definition) is 1. The maximum Gasteiger partial charge on any atom is 0.418 e. The molecule has 9 nitrogen and oxygen atoms in total. The lowest BCUT2D eigenvalue weighted by Gasteiger charge is -2.30. The summed E-state index contributed by atoms with van der Waals surface area (Å²) >= 11 is 0.